The molecule has 1 aromatic carbocycles. The summed E-state index contributed by atoms with van der Waals surface area (Å²) in [6.45, 7) is 7.32. The summed E-state index contributed by atoms with van der Waals surface area (Å²) < 4.78 is 5.05. The Morgan fingerprint density at radius 1 is 1.26 bits per heavy atom. The number of carbonyl (C=O) groups excluding carboxylic acids is 1. The highest BCUT2D eigenvalue weighted by molar-refractivity contribution is 5.85. The number of allylic oxidation sites excluding steroid dienone is 1. The molecule has 1 N–H and O–H groups in total. The number of nitrogens with zero attached hydrogens (tertiary/aromatic N) is 1. The van der Waals surface area contributed by atoms with Crippen LogP contribution in [0, 0.1) is 0 Å². The third kappa shape index (κ3) is 7.03. The van der Waals surface area contributed by atoms with E-state index < -0.39 is 11.7 Å². The standard InChI is InChI=1S/C15H20N2O2/c1-12(10-13-8-6-5-7-9-13)11-16-17-14(18)19-15(2,3)4/h5-11H,1-4H3,(H,17,18)/b12-10-,16-11-. The lowest BCUT2D eigenvalue weighted by Crippen LogP contribution is -2.29. The van der Waals surface area contributed by atoms with Crippen LogP contribution in [-0.2, 0) is 4.74 Å². The van der Waals surface area contributed by atoms with Crippen LogP contribution in [-0.4, -0.2) is 17.9 Å². The number of rotatable bonds is 3. The summed E-state index contributed by atoms with van der Waals surface area (Å²) in [5.74, 6) is 0. The molecule has 0 heterocycles. The molecule has 0 aliphatic carbocycles. The van der Waals surface area contributed by atoms with Gasteiger partial charge in [0.25, 0.3) is 0 Å². The molecule has 0 saturated heterocycles. The van der Waals surface area contributed by atoms with Crippen LogP contribution >= 0.6 is 0 Å². The summed E-state index contributed by atoms with van der Waals surface area (Å²) in [5, 5.41) is 3.83. The first kappa shape index (κ1) is 15.0. The highest BCUT2D eigenvalue weighted by Crippen LogP contribution is 2.06. The van der Waals surface area contributed by atoms with Crippen molar-refractivity contribution in [1.29, 1.82) is 0 Å². The van der Waals surface area contributed by atoms with Gasteiger partial charge in [-0.25, -0.2) is 10.2 Å². The highest BCUT2D eigenvalue weighted by atomic mass is 16.6. The molecule has 19 heavy (non-hydrogen) atoms. The molecule has 0 aromatic heterocycles. The van der Waals surface area contributed by atoms with Gasteiger partial charge in [0.15, 0.2) is 0 Å². The zero-order chi connectivity index (χ0) is 14.3. The minimum Gasteiger partial charge on any atom is -0.443 e. The lowest BCUT2D eigenvalue weighted by atomic mass is 10.1. The van der Waals surface area contributed by atoms with Crippen LogP contribution < -0.4 is 5.43 Å². The van der Waals surface area contributed by atoms with Crippen molar-refractivity contribution >= 4 is 18.4 Å². The van der Waals surface area contributed by atoms with Gasteiger partial charge in [0, 0.05) is 0 Å². The number of hydrazone groups is 1. The van der Waals surface area contributed by atoms with Crippen molar-refractivity contribution in [1.82, 2.24) is 5.43 Å². The van der Waals surface area contributed by atoms with Crippen LogP contribution in [0.2, 0.25) is 0 Å². The fraction of sp³-hybridized carbons (Fsp3) is 0.333. The van der Waals surface area contributed by atoms with Gasteiger partial charge in [-0.2, -0.15) is 5.10 Å². The first-order valence-electron chi connectivity index (χ1n) is 6.12. The molecule has 0 aliphatic rings. The van der Waals surface area contributed by atoms with Crippen LogP contribution in [0.15, 0.2) is 41.0 Å². The topological polar surface area (TPSA) is 50.7 Å². The van der Waals surface area contributed by atoms with Gasteiger partial charge in [-0.05, 0) is 38.8 Å². The Morgan fingerprint density at radius 3 is 2.47 bits per heavy atom. The van der Waals surface area contributed by atoms with Gasteiger partial charge in [-0.1, -0.05) is 36.4 Å². The van der Waals surface area contributed by atoms with Crippen molar-refractivity contribution in [2.24, 2.45) is 5.10 Å². The Hall–Kier alpha value is -2.10. The molecule has 1 aromatic rings. The number of amides is 1. The number of ether oxygens (including phenoxy) is 1. The minimum absolute atomic E-state index is 0.519. The van der Waals surface area contributed by atoms with E-state index in [1.54, 1.807) is 27.0 Å². The molecule has 0 fully saturated rings. The Kier molecular flexibility index (Phi) is 5.30. The molecular formula is C15H20N2O2. The fourth-order valence-corrected chi connectivity index (χ4v) is 1.34. The molecule has 0 saturated carbocycles. The zero-order valence-corrected chi connectivity index (χ0v) is 11.8. The quantitative estimate of drug-likeness (QED) is 0.667. The van der Waals surface area contributed by atoms with Gasteiger partial charge in [0.1, 0.15) is 5.60 Å². The average molecular weight is 260 g/mol. The lowest BCUT2D eigenvalue weighted by Gasteiger charge is -2.18. The van der Waals surface area contributed by atoms with Gasteiger partial charge < -0.3 is 4.74 Å². The number of hydrogen-bond acceptors (Lipinski definition) is 3. The second-order valence-corrected chi connectivity index (χ2v) is 5.17. The molecule has 0 radical (unpaired) electrons. The number of carbonyl (C=O) groups is 1. The highest BCUT2D eigenvalue weighted by Gasteiger charge is 2.15. The van der Waals surface area contributed by atoms with Crippen molar-refractivity contribution in [2.45, 2.75) is 33.3 Å². The number of hydrogen-bond donors (Lipinski definition) is 1. The first-order chi connectivity index (χ1) is 8.87. The minimum atomic E-state index is -0.559. The Balaban J connectivity index is 2.49. The molecule has 1 amide bonds. The molecule has 1 rings (SSSR count). The van der Waals surface area contributed by atoms with Crippen LogP contribution in [0.5, 0.6) is 0 Å². The first-order valence-corrected chi connectivity index (χ1v) is 6.12. The monoisotopic (exact) mass is 260 g/mol. The van der Waals surface area contributed by atoms with Gasteiger partial charge >= 0.3 is 6.09 Å². The molecule has 4 heteroatoms. The molecule has 0 aliphatic heterocycles. The van der Waals surface area contributed by atoms with E-state index in [0.29, 0.717) is 0 Å². The van der Waals surface area contributed by atoms with E-state index in [9.17, 15) is 4.79 Å². The predicted molar refractivity (Wildman–Crippen MR) is 78.0 cm³/mol. The van der Waals surface area contributed by atoms with Crippen molar-refractivity contribution in [3.63, 3.8) is 0 Å². The summed E-state index contributed by atoms with van der Waals surface area (Å²) >= 11 is 0. The van der Waals surface area contributed by atoms with Gasteiger partial charge in [-0.15, -0.1) is 0 Å². The summed E-state index contributed by atoms with van der Waals surface area (Å²) in [5.41, 5.74) is 3.82. The summed E-state index contributed by atoms with van der Waals surface area (Å²) in [6.07, 6.45) is 2.99. The maximum absolute atomic E-state index is 11.3. The third-order valence-electron chi connectivity index (χ3n) is 2.02. The van der Waals surface area contributed by atoms with E-state index in [1.807, 2.05) is 43.3 Å². The normalized spacial score (nSPS) is 12.5. The van der Waals surface area contributed by atoms with Gasteiger partial charge in [0.05, 0.1) is 6.21 Å². The second-order valence-electron chi connectivity index (χ2n) is 5.17. The molecule has 4 nitrogen and oxygen atoms in total. The fourth-order valence-electron chi connectivity index (χ4n) is 1.34. The Bertz CT molecular complexity index is 471. The summed E-state index contributed by atoms with van der Waals surface area (Å²) in [7, 11) is 0. The molecule has 0 bridgehead atoms. The van der Waals surface area contributed by atoms with Crippen molar-refractivity contribution < 1.29 is 9.53 Å². The Morgan fingerprint density at radius 2 is 1.89 bits per heavy atom. The van der Waals surface area contributed by atoms with Crippen LogP contribution in [0.3, 0.4) is 0 Å². The van der Waals surface area contributed by atoms with Gasteiger partial charge in [-0.3, -0.25) is 0 Å². The van der Waals surface area contributed by atoms with E-state index >= 15 is 0 Å². The molecular weight excluding hydrogens is 240 g/mol. The SMILES string of the molecule is CC(/C=N\NC(=O)OC(C)(C)C)=C/c1ccccc1. The molecule has 102 valence electrons. The van der Waals surface area contributed by atoms with E-state index in [-0.39, 0.29) is 0 Å². The van der Waals surface area contributed by atoms with Crippen LogP contribution in [0.1, 0.15) is 33.3 Å². The molecule has 0 unspecified atom stereocenters. The average Bonchev–Trinajstić information content (AvgIpc) is 2.27. The number of benzene rings is 1. The van der Waals surface area contributed by atoms with E-state index in [1.165, 1.54) is 0 Å². The van der Waals surface area contributed by atoms with Crippen LogP contribution in [0.4, 0.5) is 4.79 Å². The molecule has 0 spiro atoms. The summed E-state index contributed by atoms with van der Waals surface area (Å²) in [4.78, 5) is 11.3. The van der Waals surface area contributed by atoms with E-state index in [2.05, 4.69) is 10.5 Å². The largest absolute Gasteiger partial charge is 0.443 e. The third-order valence-corrected chi connectivity index (χ3v) is 2.02. The lowest BCUT2D eigenvalue weighted by molar-refractivity contribution is 0.0529. The maximum Gasteiger partial charge on any atom is 0.428 e. The zero-order valence-electron chi connectivity index (χ0n) is 11.8. The smallest absolute Gasteiger partial charge is 0.428 e. The predicted octanol–water partition coefficient (Wildman–Crippen LogP) is 3.60. The second kappa shape index (κ2) is 6.73. The maximum atomic E-state index is 11.3. The van der Waals surface area contributed by atoms with Crippen molar-refractivity contribution in [3.05, 3.63) is 41.5 Å². The van der Waals surface area contributed by atoms with Crippen LogP contribution in [0.25, 0.3) is 6.08 Å². The molecule has 0 atom stereocenters. The van der Waals surface area contributed by atoms with Gasteiger partial charge in [0.2, 0.25) is 0 Å². The number of nitrogens with one attached hydrogen (secondary N) is 1. The van der Waals surface area contributed by atoms with Crippen molar-refractivity contribution in [3.8, 4) is 0 Å². The van der Waals surface area contributed by atoms with E-state index in [4.69, 9.17) is 4.74 Å². The summed E-state index contributed by atoms with van der Waals surface area (Å²) in [6, 6.07) is 9.90. The Labute approximate surface area is 114 Å². The van der Waals surface area contributed by atoms with Crippen molar-refractivity contribution in [2.75, 3.05) is 0 Å². The van der Waals surface area contributed by atoms with E-state index in [0.717, 1.165) is 11.1 Å².